The lowest BCUT2D eigenvalue weighted by molar-refractivity contribution is 0.419. The van der Waals surface area contributed by atoms with E-state index >= 15 is 0 Å². The Hall–Kier alpha value is -3.32. The molecule has 6 rings (SSSR count). The summed E-state index contributed by atoms with van der Waals surface area (Å²) in [5, 5.41) is 0. The van der Waals surface area contributed by atoms with Crippen LogP contribution in [0.1, 0.15) is 49.9 Å². The number of benzene rings is 4. The lowest BCUT2D eigenvalue weighted by atomic mass is 9.72. The van der Waals surface area contributed by atoms with E-state index in [2.05, 4.69) is 107 Å². The molecule has 1 nitrogen and oxygen atoms in total. The molecule has 2 aliphatic rings. The second-order valence-electron chi connectivity index (χ2n) is 9.83. The minimum atomic E-state index is -0.142. The third-order valence-corrected chi connectivity index (χ3v) is 7.33. The van der Waals surface area contributed by atoms with Crippen LogP contribution < -0.4 is 4.74 Å². The molecule has 0 atom stereocenters. The number of rotatable bonds is 1. The van der Waals surface area contributed by atoms with E-state index in [-0.39, 0.29) is 10.8 Å². The fraction of sp³-hybridized carbons (Fsp3) is 0.200. The maximum atomic E-state index is 6.36. The Morgan fingerprint density at radius 3 is 2.00 bits per heavy atom. The minimum absolute atomic E-state index is 0.0297. The third-order valence-electron chi connectivity index (χ3n) is 7.33. The van der Waals surface area contributed by atoms with Gasteiger partial charge in [0.1, 0.15) is 11.5 Å². The van der Waals surface area contributed by atoms with Crippen LogP contribution in [0.5, 0.6) is 11.5 Å². The van der Waals surface area contributed by atoms with Crippen LogP contribution in [-0.2, 0) is 10.8 Å². The van der Waals surface area contributed by atoms with Crippen molar-refractivity contribution in [2.45, 2.75) is 38.5 Å². The highest BCUT2D eigenvalue weighted by Gasteiger charge is 2.38. The van der Waals surface area contributed by atoms with Crippen molar-refractivity contribution in [3.05, 3.63) is 107 Å². The maximum absolute atomic E-state index is 6.36. The highest BCUT2D eigenvalue weighted by molar-refractivity contribution is 5.86. The van der Waals surface area contributed by atoms with E-state index in [0.29, 0.717) is 0 Å². The molecule has 0 saturated heterocycles. The van der Waals surface area contributed by atoms with Crippen LogP contribution in [0.2, 0.25) is 0 Å². The number of hydrogen-bond acceptors (Lipinski definition) is 1. The Morgan fingerprint density at radius 1 is 0.516 bits per heavy atom. The van der Waals surface area contributed by atoms with Gasteiger partial charge in [-0.15, -0.1) is 0 Å². The molecule has 1 heterocycles. The standard InChI is InChI=1S/C30H26O/c1-29(2)23-12-6-5-10-21(23)22-18-19(16-17-24(22)29)20-11-9-15-27-28(20)30(3,4)25-13-7-8-14-26(25)31-27/h5-18H,1-4H3. The van der Waals surface area contributed by atoms with E-state index in [9.17, 15) is 0 Å². The summed E-state index contributed by atoms with van der Waals surface area (Å²) in [5.41, 5.74) is 10.4. The Kier molecular flexibility index (Phi) is 3.63. The molecule has 0 N–H and O–H groups in total. The van der Waals surface area contributed by atoms with E-state index in [1.807, 2.05) is 6.07 Å². The first-order chi connectivity index (χ1) is 14.9. The maximum Gasteiger partial charge on any atom is 0.132 e. The van der Waals surface area contributed by atoms with Crippen LogP contribution in [0.25, 0.3) is 22.3 Å². The van der Waals surface area contributed by atoms with Crippen molar-refractivity contribution in [2.24, 2.45) is 0 Å². The molecule has 0 aromatic heterocycles. The van der Waals surface area contributed by atoms with Crippen molar-refractivity contribution in [3.8, 4) is 33.8 Å². The van der Waals surface area contributed by atoms with Gasteiger partial charge in [0, 0.05) is 22.0 Å². The molecule has 0 spiro atoms. The summed E-state index contributed by atoms with van der Waals surface area (Å²) in [4.78, 5) is 0. The van der Waals surface area contributed by atoms with Gasteiger partial charge in [-0.05, 0) is 51.6 Å². The zero-order valence-electron chi connectivity index (χ0n) is 18.5. The first-order valence-corrected chi connectivity index (χ1v) is 11.0. The molecule has 0 radical (unpaired) electrons. The van der Waals surface area contributed by atoms with Crippen molar-refractivity contribution in [1.82, 2.24) is 0 Å². The first kappa shape index (κ1) is 18.4. The monoisotopic (exact) mass is 402 g/mol. The van der Waals surface area contributed by atoms with Gasteiger partial charge in [0.05, 0.1) is 0 Å². The number of hydrogen-bond donors (Lipinski definition) is 0. The van der Waals surface area contributed by atoms with Crippen LogP contribution in [-0.4, -0.2) is 0 Å². The molecule has 0 fully saturated rings. The Bertz CT molecular complexity index is 1360. The second-order valence-corrected chi connectivity index (χ2v) is 9.83. The predicted molar refractivity (Wildman–Crippen MR) is 128 cm³/mol. The second kappa shape index (κ2) is 6.11. The summed E-state index contributed by atoms with van der Waals surface area (Å²) in [5.74, 6) is 1.92. The molecule has 152 valence electrons. The highest BCUT2D eigenvalue weighted by Crippen LogP contribution is 2.53. The van der Waals surface area contributed by atoms with Crippen molar-refractivity contribution in [3.63, 3.8) is 0 Å². The Labute approximate surface area is 184 Å². The van der Waals surface area contributed by atoms with Gasteiger partial charge in [0.25, 0.3) is 0 Å². The highest BCUT2D eigenvalue weighted by atomic mass is 16.5. The van der Waals surface area contributed by atoms with E-state index in [0.717, 1.165) is 11.5 Å². The van der Waals surface area contributed by atoms with Gasteiger partial charge in [0.2, 0.25) is 0 Å². The van der Waals surface area contributed by atoms with Gasteiger partial charge in [-0.3, -0.25) is 0 Å². The van der Waals surface area contributed by atoms with E-state index in [4.69, 9.17) is 4.74 Å². The average molecular weight is 403 g/mol. The molecular formula is C30H26O. The summed E-state index contributed by atoms with van der Waals surface area (Å²) in [6.07, 6.45) is 0. The summed E-state index contributed by atoms with van der Waals surface area (Å²) in [6.45, 7) is 9.27. The largest absolute Gasteiger partial charge is 0.457 e. The van der Waals surface area contributed by atoms with Gasteiger partial charge in [-0.2, -0.15) is 0 Å². The quantitative estimate of drug-likeness (QED) is 0.312. The molecule has 0 saturated carbocycles. The molecule has 0 amide bonds. The number of para-hydroxylation sites is 1. The van der Waals surface area contributed by atoms with Crippen LogP contribution >= 0.6 is 0 Å². The summed E-state index contributed by atoms with van der Waals surface area (Å²) in [7, 11) is 0. The van der Waals surface area contributed by atoms with E-state index < -0.39 is 0 Å². The summed E-state index contributed by atoms with van der Waals surface area (Å²) < 4.78 is 6.36. The lowest BCUT2D eigenvalue weighted by Crippen LogP contribution is -2.25. The van der Waals surface area contributed by atoms with Gasteiger partial charge in [-0.1, -0.05) is 94.4 Å². The molecule has 0 bridgehead atoms. The number of fused-ring (bicyclic) bond motifs is 5. The van der Waals surface area contributed by atoms with Crippen LogP contribution in [0.3, 0.4) is 0 Å². The van der Waals surface area contributed by atoms with Crippen LogP contribution in [0.15, 0.2) is 84.9 Å². The van der Waals surface area contributed by atoms with Crippen molar-refractivity contribution in [2.75, 3.05) is 0 Å². The normalized spacial score (nSPS) is 16.5. The Morgan fingerprint density at radius 2 is 1.16 bits per heavy atom. The fourth-order valence-electron chi connectivity index (χ4n) is 5.71. The molecule has 1 aliphatic carbocycles. The van der Waals surface area contributed by atoms with E-state index in [1.54, 1.807) is 0 Å². The summed E-state index contributed by atoms with van der Waals surface area (Å²) in [6, 6.07) is 30.7. The fourth-order valence-corrected chi connectivity index (χ4v) is 5.71. The number of ether oxygens (including phenoxy) is 1. The van der Waals surface area contributed by atoms with Crippen molar-refractivity contribution >= 4 is 0 Å². The zero-order valence-corrected chi connectivity index (χ0v) is 18.5. The SMILES string of the molecule is CC1(C)c2ccccc2-c2cc(-c3cccc4c3C(C)(C)c3ccccc3O4)ccc21. The molecule has 0 unspecified atom stereocenters. The Balaban J connectivity index is 1.58. The predicted octanol–water partition coefficient (Wildman–Crippen LogP) is 8.09. The molecule has 31 heavy (non-hydrogen) atoms. The van der Waals surface area contributed by atoms with Gasteiger partial charge >= 0.3 is 0 Å². The van der Waals surface area contributed by atoms with Gasteiger partial charge < -0.3 is 4.74 Å². The molecule has 1 aliphatic heterocycles. The van der Waals surface area contributed by atoms with Gasteiger partial charge in [-0.25, -0.2) is 0 Å². The molecule has 1 heteroatoms. The van der Waals surface area contributed by atoms with Crippen LogP contribution in [0.4, 0.5) is 0 Å². The summed E-state index contributed by atoms with van der Waals surface area (Å²) >= 11 is 0. The minimum Gasteiger partial charge on any atom is -0.457 e. The zero-order chi connectivity index (χ0) is 21.4. The smallest absolute Gasteiger partial charge is 0.132 e. The van der Waals surface area contributed by atoms with Crippen molar-refractivity contribution in [1.29, 1.82) is 0 Å². The van der Waals surface area contributed by atoms with Crippen molar-refractivity contribution < 1.29 is 4.74 Å². The van der Waals surface area contributed by atoms with Crippen LogP contribution in [0, 0.1) is 0 Å². The van der Waals surface area contributed by atoms with E-state index in [1.165, 1.54) is 44.5 Å². The topological polar surface area (TPSA) is 9.23 Å². The molecular weight excluding hydrogens is 376 g/mol. The average Bonchev–Trinajstić information content (AvgIpc) is 3.00. The first-order valence-electron chi connectivity index (χ1n) is 11.0. The van der Waals surface area contributed by atoms with Gasteiger partial charge in [0.15, 0.2) is 0 Å². The third kappa shape index (κ3) is 2.44. The molecule has 4 aromatic rings. The molecule has 4 aromatic carbocycles. The lowest BCUT2D eigenvalue weighted by Gasteiger charge is -2.36.